The molecule has 2 heterocycles. The highest BCUT2D eigenvalue weighted by atomic mass is 16.5. The third kappa shape index (κ3) is 2.33. The number of fused-ring (bicyclic) bond motifs is 3. The van der Waals surface area contributed by atoms with Crippen LogP contribution in [0.1, 0.15) is 15.9 Å². The van der Waals surface area contributed by atoms with Crippen LogP contribution in [0, 0.1) is 0 Å². The van der Waals surface area contributed by atoms with Crippen LogP contribution in [0.2, 0.25) is 0 Å². The number of ether oxygens (including phenoxy) is 1. The Kier molecular flexibility index (Phi) is 3.61. The quantitative estimate of drug-likeness (QED) is 0.756. The summed E-state index contributed by atoms with van der Waals surface area (Å²) in [6.45, 7) is 0.396. The molecule has 3 rings (SSSR count). The molecule has 0 radical (unpaired) electrons. The summed E-state index contributed by atoms with van der Waals surface area (Å²) in [7, 11) is 0. The zero-order chi connectivity index (χ0) is 13.8. The van der Waals surface area contributed by atoms with Gasteiger partial charge in [-0.15, -0.1) is 0 Å². The van der Waals surface area contributed by atoms with Crippen molar-refractivity contribution < 1.29 is 24.5 Å². The van der Waals surface area contributed by atoms with Gasteiger partial charge in [0.25, 0.3) is 6.47 Å². The summed E-state index contributed by atoms with van der Waals surface area (Å²) in [5, 5.41) is 16.8. The summed E-state index contributed by atoms with van der Waals surface area (Å²) in [6.07, 6.45) is 2.43. The van der Waals surface area contributed by atoms with Gasteiger partial charge in [-0.1, -0.05) is 12.1 Å². The van der Waals surface area contributed by atoms with E-state index in [2.05, 4.69) is 4.98 Å². The van der Waals surface area contributed by atoms with Gasteiger partial charge in [-0.2, -0.15) is 0 Å². The number of carbonyl (C=O) groups is 2. The van der Waals surface area contributed by atoms with Crippen LogP contribution in [-0.4, -0.2) is 34.2 Å². The van der Waals surface area contributed by atoms with E-state index in [-0.39, 0.29) is 12.0 Å². The first-order valence-corrected chi connectivity index (χ1v) is 5.53. The summed E-state index contributed by atoms with van der Waals surface area (Å²) in [4.78, 5) is 23.6. The van der Waals surface area contributed by atoms with Crippen molar-refractivity contribution in [2.24, 2.45) is 0 Å². The highest BCUT2D eigenvalue weighted by molar-refractivity contribution is 6.03. The van der Waals surface area contributed by atoms with Crippen molar-refractivity contribution in [1.29, 1.82) is 0 Å². The minimum atomic E-state index is -0.947. The van der Waals surface area contributed by atoms with E-state index in [4.69, 9.17) is 19.7 Å². The monoisotopic (exact) mass is 261 g/mol. The van der Waals surface area contributed by atoms with Crippen molar-refractivity contribution in [3.8, 4) is 5.75 Å². The highest BCUT2D eigenvalue weighted by Crippen LogP contribution is 2.31. The number of carboxylic acid groups (broad SMARTS) is 2. The molecule has 0 saturated carbocycles. The molecular formula is C13H11NO5. The zero-order valence-corrected chi connectivity index (χ0v) is 9.87. The van der Waals surface area contributed by atoms with E-state index >= 15 is 0 Å². The number of nitrogens with zero attached hydrogens (tertiary/aromatic N) is 1. The van der Waals surface area contributed by atoms with Gasteiger partial charge in [0.1, 0.15) is 5.75 Å². The molecule has 6 heteroatoms. The predicted molar refractivity (Wildman–Crippen MR) is 66.6 cm³/mol. The summed E-state index contributed by atoms with van der Waals surface area (Å²) >= 11 is 0. The van der Waals surface area contributed by atoms with Gasteiger partial charge in [-0.05, 0) is 6.07 Å². The fourth-order valence-electron chi connectivity index (χ4n) is 2.08. The Morgan fingerprint density at radius 1 is 1.42 bits per heavy atom. The smallest absolute Gasteiger partial charge is 0.337 e. The van der Waals surface area contributed by atoms with Crippen molar-refractivity contribution in [2.45, 2.75) is 6.42 Å². The van der Waals surface area contributed by atoms with Crippen LogP contribution >= 0.6 is 0 Å². The standard InChI is InChI=1S/C12H9NO3.CH2O2/c14-12(15)9-3-1-2-8-7-4-5-16-10(7)6-13-11(8)9;2-1-3/h1-3,6H,4-5H2,(H,14,15);1H,(H,2,3). The van der Waals surface area contributed by atoms with Gasteiger partial charge in [-0.3, -0.25) is 9.78 Å². The third-order valence-electron chi connectivity index (χ3n) is 2.81. The minimum absolute atomic E-state index is 0.243. The van der Waals surface area contributed by atoms with Crippen molar-refractivity contribution in [3.63, 3.8) is 0 Å². The van der Waals surface area contributed by atoms with E-state index < -0.39 is 5.97 Å². The average Bonchev–Trinajstić information content (AvgIpc) is 2.87. The Morgan fingerprint density at radius 3 is 2.84 bits per heavy atom. The molecule has 0 bridgehead atoms. The molecule has 0 spiro atoms. The number of para-hydroxylation sites is 1. The lowest BCUT2D eigenvalue weighted by Crippen LogP contribution is -1.99. The van der Waals surface area contributed by atoms with Crippen molar-refractivity contribution in [3.05, 3.63) is 35.5 Å². The highest BCUT2D eigenvalue weighted by Gasteiger charge is 2.18. The molecule has 19 heavy (non-hydrogen) atoms. The summed E-state index contributed by atoms with van der Waals surface area (Å²) < 4.78 is 5.40. The zero-order valence-electron chi connectivity index (χ0n) is 9.87. The first kappa shape index (κ1) is 12.8. The molecule has 0 amide bonds. The second-order valence-corrected chi connectivity index (χ2v) is 3.81. The number of carboxylic acids is 1. The van der Waals surface area contributed by atoms with Crippen LogP contribution in [0.3, 0.4) is 0 Å². The molecule has 0 saturated heterocycles. The topological polar surface area (TPSA) is 96.7 Å². The van der Waals surface area contributed by atoms with Crippen LogP contribution in [0.4, 0.5) is 0 Å². The number of rotatable bonds is 1. The number of aromatic nitrogens is 1. The van der Waals surface area contributed by atoms with E-state index in [1.54, 1.807) is 18.3 Å². The number of aromatic carboxylic acids is 1. The van der Waals surface area contributed by atoms with Crippen LogP contribution in [0.5, 0.6) is 5.75 Å². The molecule has 0 aliphatic carbocycles. The molecular weight excluding hydrogens is 250 g/mol. The first-order chi connectivity index (χ1) is 9.19. The maximum atomic E-state index is 11.0. The second-order valence-electron chi connectivity index (χ2n) is 3.81. The van der Waals surface area contributed by atoms with E-state index in [0.29, 0.717) is 12.1 Å². The van der Waals surface area contributed by atoms with Gasteiger partial charge < -0.3 is 14.9 Å². The first-order valence-electron chi connectivity index (χ1n) is 5.53. The van der Waals surface area contributed by atoms with E-state index in [1.165, 1.54) is 0 Å². The Labute approximate surface area is 108 Å². The van der Waals surface area contributed by atoms with E-state index in [0.717, 1.165) is 23.1 Å². The lowest BCUT2D eigenvalue weighted by atomic mass is 10.0. The van der Waals surface area contributed by atoms with Gasteiger partial charge in [0.2, 0.25) is 0 Å². The Bertz CT molecular complexity index is 638. The summed E-state index contributed by atoms with van der Waals surface area (Å²) in [6, 6.07) is 5.20. The van der Waals surface area contributed by atoms with E-state index in [9.17, 15) is 4.79 Å². The van der Waals surface area contributed by atoms with Crippen molar-refractivity contribution in [2.75, 3.05) is 6.61 Å². The fraction of sp³-hybridized carbons (Fsp3) is 0.154. The van der Waals surface area contributed by atoms with Gasteiger partial charge in [0, 0.05) is 17.4 Å². The summed E-state index contributed by atoms with van der Waals surface area (Å²) in [5.41, 5.74) is 1.85. The third-order valence-corrected chi connectivity index (χ3v) is 2.81. The molecule has 0 unspecified atom stereocenters. The number of hydrogen-bond acceptors (Lipinski definition) is 4. The normalized spacial score (nSPS) is 12.0. The maximum Gasteiger partial charge on any atom is 0.337 e. The maximum absolute atomic E-state index is 11.0. The lowest BCUT2D eigenvalue weighted by molar-refractivity contribution is -0.122. The van der Waals surface area contributed by atoms with Gasteiger partial charge in [0.15, 0.2) is 0 Å². The summed E-state index contributed by atoms with van der Waals surface area (Å²) in [5.74, 6) is -0.174. The fourth-order valence-corrected chi connectivity index (χ4v) is 2.08. The average molecular weight is 261 g/mol. The molecule has 2 aromatic rings. The number of hydrogen-bond donors (Lipinski definition) is 2. The van der Waals surface area contributed by atoms with Crippen LogP contribution in [-0.2, 0) is 11.2 Å². The lowest BCUT2D eigenvalue weighted by Gasteiger charge is -2.05. The van der Waals surface area contributed by atoms with Gasteiger partial charge >= 0.3 is 5.97 Å². The molecule has 1 aromatic carbocycles. The Morgan fingerprint density at radius 2 is 2.16 bits per heavy atom. The second kappa shape index (κ2) is 5.34. The molecule has 1 aromatic heterocycles. The SMILES string of the molecule is O=C(O)c1cccc2c3c(cnc12)OCC3.O=CO. The molecule has 0 fully saturated rings. The number of pyridine rings is 1. The van der Waals surface area contributed by atoms with Crippen LogP contribution < -0.4 is 4.74 Å². The molecule has 6 nitrogen and oxygen atoms in total. The molecule has 1 aliphatic heterocycles. The van der Waals surface area contributed by atoms with Crippen LogP contribution in [0.15, 0.2) is 24.4 Å². The Hall–Kier alpha value is -2.63. The van der Waals surface area contributed by atoms with Crippen molar-refractivity contribution >= 4 is 23.3 Å². The van der Waals surface area contributed by atoms with Crippen molar-refractivity contribution in [1.82, 2.24) is 4.98 Å². The largest absolute Gasteiger partial charge is 0.491 e. The van der Waals surface area contributed by atoms with Crippen LogP contribution in [0.25, 0.3) is 10.9 Å². The number of benzene rings is 1. The molecule has 98 valence electrons. The predicted octanol–water partition coefficient (Wildman–Crippen LogP) is 1.57. The minimum Gasteiger partial charge on any atom is -0.491 e. The molecule has 0 atom stereocenters. The Balaban J connectivity index is 0.000000408. The molecule has 2 N–H and O–H groups in total. The van der Waals surface area contributed by atoms with Gasteiger partial charge in [-0.25, -0.2) is 4.79 Å². The molecule has 1 aliphatic rings. The van der Waals surface area contributed by atoms with Gasteiger partial charge in [0.05, 0.1) is 23.9 Å². The van der Waals surface area contributed by atoms with E-state index in [1.807, 2.05) is 6.07 Å².